The van der Waals surface area contributed by atoms with Crippen LogP contribution in [-0.2, 0) is 13.1 Å². The van der Waals surface area contributed by atoms with E-state index in [9.17, 15) is 0 Å². The Balaban J connectivity index is 1.44. The van der Waals surface area contributed by atoms with E-state index in [1.54, 1.807) is 30.3 Å². The van der Waals surface area contributed by atoms with Gasteiger partial charge in [-0.15, -0.1) is 11.3 Å². The predicted molar refractivity (Wildman–Crippen MR) is 83.3 cm³/mol. The van der Waals surface area contributed by atoms with Crippen LogP contribution in [0.25, 0.3) is 10.8 Å². The molecule has 0 amide bonds. The Kier molecular flexibility index (Phi) is 3.74. The first-order chi connectivity index (χ1) is 10.9. The number of aromatic nitrogens is 4. The van der Waals surface area contributed by atoms with Crippen molar-refractivity contribution in [1.29, 1.82) is 0 Å². The molecule has 0 aromatic carbocycles. The van der Waals surface area contributed by atoms with Crippen LogP contribution in [0.3, 0.4) is 0 Å². The SMILES string of the molecule is c1coc(-c2nc(CN3CCC[C@@H]3Cn3cncn3)cs2)c1. The summed E-state index contributed by atoms with van der Waals surface area (Å²) in [6, 6.07) is 4.35. The highest BCUT2D eigenvalue weighted by Gasteiger charge is 2.25. The normalized spacial score (nSPS) is 19.0. The Morgan fingerprint density at radius 3 is 3.23 bits per heavy atom. The Labute approximate surface area is 132 Å². The molecule has 0 unspecified atom stereocenters. The molecule has 114 valence electrons. The van der Waals surface area contributed by atoms with E-state index in [-0.39, 0.29) is 0 Å². The highest BCUT2D eigenvalue weighted by molar-refractivity contribution is 7.13. The second-order valence-electron chi connectivity index (χ2n) is 5.51. The zero-order valence-corrected chi connectivity index (χ0v) is 12.9. The molecule has 1 fully saturated rings. The molecule has 22 heavy (non-hydrogen) atoms. The molecule has 1 aliphatic heterocycles. The summed E-state index contributed by atoms with van der Waals surface area (Å²) in [6.45, 7) is 2.90. The van der Waals surface area contributed by atoms with Gasteiger partial charge in [-0.25, -0.2) is 9.97 Å². The molecule has 0 saturated carbocycles. The first-order valence-corrected chi connectivity index (χ1v) is 8.31. The van der Waals surface area contributed by atoms with Gasteiger partial charge in [-0.1, -0.05) is 0 Å². The van der Waals surface area contributed by atoms with E-state index in [1.807, 2.05) is 16.8 Å². The molecule has 3 aromatic heterocycles. The van der Waals surface area contributed by atoms with Gasteiger partial charge in [0.2, 0.25) is 0 Å². The summed E-state index contributed by atoms with van der Waals surface area (Å²) >= 11 is 1.64. The minimum atomic E-state index is 0.510. The molecule has 0 N–H and O–H groups in total. The number of hydrogen-bond acceptors (Lipinski definition) is 6. The van der Waals surface area contributed by atoms with Crippen LogP contribution in [0.15, 0.2) is 40.8 Å². The van der Waals surface area contributed by atoms with Gasteiger partial charge in [0, 0.05) is 18.0 Å². The summed E-state index contributed by atoms with van der Waals surface area (Å²) in [7, 11) is 0. The Morgan fingerprint density at radius 2 is 2.41 bits per heavy atom. The van der Waals surface area contributed by atoms with Crippen molar-refractivity contribution in [1.82, 2.24) is 24.6 Å². The molecule has 0 radical (unpaired) electrons. The van der Waals surface area contributed by atoms with E-state index >= 15 is 0 Å². The Morgan fingerprint density at radius 1 is 1.41 bits per heavy atom. The van der Waals surface area contributed by atoms with Gasteiger partial charge < -0.3 is 4.42 Å². The maximum absolute atomic E-state index is 5.41. The van der Waals surface area contributed by atoms with Gasteiger partial charge in [-0.05, 0) is 31.5 Å². The van der Waals surface area contributed by atoms with Crippen molar-refractivity contribution in [3.8, 4) is 10.8 Å². The smallest absolute Gasteiger partial charge is 0.162 e. The average molecular weight is 315 g/mol. The molecule has 0 bridgehead atoms. The van der Waals surface area contributed by atoms with Crippen molar-refractivity contribution in [2.75, 3.05) is 6.54 Å². The van der Waals surface area contributed by atoms with E-state index in [0.717, 1.165) is 36.1 Å². The van der Waals surface area contributed by atoms with Crippen molar-refractivity contribution >= 4 is 11.3 Å². The van der Waals surface area contributed by atoms with Gasteiger partial charge in [0.1, 0.15) is 12.7 Å². The molecule has 1 atom stereocenters. The number of thiazole rings is 1. The van der Waals surface area contributed by atoms with Gasteiger partial charge >= 0.3 is 0 Å². The third-order valence-corrected chi connectivity index (χ3v) is 4.92. The van der Waals surface area contributed by atoms with Crippen LogP contribution in [0.1, 0.15) is 18.5 Å². The van der Waals surface area contributed by atoms with E-state index < -0.39 is 0 Å². The van der Waals surface area contributed by atoms with Crippen molar-refractivity contribution in [2.24, 2.45) is 0 Å². The maximum atomic E-state index is 5.41. The Hall–Kier alpha value is -1.99. The molecule has 0 aliphatic carbocycles. The van der Waals surface area contributed by atoms with Crippen LogP contribution in [0, 0.1) is 0 Å². The van der Waals surface area contributed by atoms with E-state index in [1.165, 1.54) is 12.8 Å². The van der Waals surface area contributed by atoms with Gasteiger partial charge in [0.25, 0.3) is 0 Å². The fourth-order valence-electron chi connectivity index (χ4n) is 2.95. The molecule has 1 saturated heterocycles. The zero-order valence-electron chi connectivity index (χ0n) is 12.1. The van der Waals surface area contributed by atoms with E-state index in [2.05, 4.69) is 20.4 Å². The molecular formula is C15H17N5OS. The second kappa shape index (κ2) is 6.02. The largest absolute Gasteiger partial charge is 0.462 e. The van der Waals surface area contributed by atoms with Crippen LogP contribution in [0.2, 0.25) is 0 Å². The van der Waals surface area contributed by atoms with Gasteiger partial charge in [0.05, 0.1) is 18.5 Å². The van der Waals surface area contributed by atoms with Crippen molar-refractivity contribution in [3.63, 3.8) is 0 Å². The number of furan rings is 1. The van der Waals surface area contributed by atoms with E-state index in [0.29, 0.717) is 6.04 Å². The summed E-state index contributed by atoms with van der Waals surface area (Å²) in [4.78, 5) is 11.2. The van der Waals surface area contributed by atoms with Crippen LogP contribution in [-0.4, -0.2) is 37.2 Å². The van der Waals surface area contributed by atoms with Crippen LogP contribution < -0.4 is 0 Å². The maximum Gasteiger partial charge on any atom is 0.162 e. The van der Waals surface area contributed by atoms with Gasteiger partial charge in [-0.3, -0.25) is 9.58 Å². The first-order valence-electron chi connectivity index (χ1n) is 7.43. The lowest BCUT2D eigenvalue weighted by Gasteiger charge is -2.23. The molecule has 3 aromatic rings. The van der Waals surface area contributed by atoms with Gasteiger partial charge in [0.15, 0.2) is 10.8 Å². The summed E-state index contributed by atoms with van der Waals surface area (Å²) in [6.07, 6.45) is 7.50. The molecule has 1 aliphatic rings. The molecule has 0 spiro atoms. The summed E-state index contributed by atoms with van der Waals surface area (Å²) < 4.78 is 7.32. The minimum Gasteiger partial charge on any atom is -0.462 e. The predicted octanol–water partition coefficient (Wildman–Crippen LogP) is 2.66. The fourth-order valence-corrected chi connectivity index (χ4v) is 3.73. The average Bonchev–Trinajstić information content (AvgIpc) is 3.28. The quantitative estimate of drug-likeness (QED) is 0.724. The lowest BCUT2D eigenvalue weighted by atomic mass is 10.2. The van der Waals surface area contributed by atoms with Crippen LogP contribution in [0.5, 0.6) is 0 Å². The number of hydrogen-bond donors (Lipinski definition) is 0. The topological polar surface area (TPSA) is 60.0 Å². The monoisotopic (exact) mass is 315 g/mol. The fraction of sp³-hybridized carbons (Fsp3) is 0.400. The highest BCUT2D eigenvalue weighted by Crippen LogP contribution is 2.26. The highest BCUT2D eigenvalue weighted by atomic mass is 32.1. The second-order valence-corrected chi connectivity index (χ2v) is 6.36. The third kappa shape index (κ3) is 2.82. The summed E-state index contributed by atoms with van der Waals surface area (Å²) in [5.41, 5.74) is 1.11. The molecule has 4 heterocycles. The molecular weight excluding hydrogens is 298 g/mol. The first kappa shape index (κ1) is 13.7. The molecule has 4 rings (SSSR count). The number of likely N-dealkylation sites (tertiary alicyclic amines) is 1. The standard InChI is InChI=1S/C15H17N5OS/c1-3-13(8-20-11-16-10-17-20)19(5-1)7-12-9-22-15(18-12)14-4-2-6-21-14/h2,4,6,9-11,13H,1,3,5,7-8H2/t13-/m1/s1. The van der Waals surface area contributed by atoms with Crippen molar-refractivity contribution in [2.45, 2.75) is 32.0 Å². The van der Waals surface area contributed by atoms with Crippen LogP contribution in [0.4, 0.5) is 0 Å². The Bertz CT molecular complexity index is 706. The van der Waals surface area contributed by atoms with Crippen molar-refractivity contribution in [3.05, 3.63) is 42.1 Å². The number of rotatable bonds is 5. The number of nitrogens with zero attached hydrogens (tertiary/aromatic N) is 5. The molecule has 7 heteroatoms. The minimum absolute atomic E-state index is 0.510. The van der Waals surface area contributed by atoms with E-state index in [4.69, 9.17) is 9.40 Å². The lowest BCUT2D eigenvalue weighted by Crippen LogP contribution is -2.32. The molecule has 6 nitrogen and oxygen atoms in total. The van der Waals surface area contributed by atoms with Crippen molar-refractivity contribution < 1.29 is 4.42 Å². The lowest BCUT2D eigenvalue weighted by molar-refractivity contribution is 0.217. The summed E-state index contributed by atoms with van der Waals surface area (Å²) in [5, 5.41) is 7.29. The zero-order chi connectivity index (χ0) is 14.8. The third-order valence-electron chi connectivity index (χ3n) is 4.01. The van der Waals surface area contributed by atoms with Crippen LogP contribution >= 0.6 is 11.3 Å². The van der Waals surface area contributed by atoms with Gasteiger partial charge in [-0.2, -0.15) is 5.10 Å². The summed E-state index contributed by atoms with van der Waals surface area (Å²) in [5.74, 6) is 0.844.